The predicted molar refractivity (Wildman–Crippen MR) is 93.2 cm³/mol. The van der Waals surface area contributed by atoms with E-state index in [-0.39, 0.29) is 0 Å². The molecule has 0 spiro atoms. The van der Waals surface area contributed by atoms with Crippen molar-refractivity contribution in [3.8, 4) is 0 Å². The molecule has 3 N–H and O–H groups in total. The van der Waals surface area contributed by atoms with Crippen molar-refractivity contribution in [1.29, 1.82) is 0 Å². The van der Waals surface area contributed by atoms with E-state index in [1.165, 1.54) is 23.8 Å². The van der Waals surface area contributed by atoms with Crippen LogP contribution < -0.4 is 5.73 Å². The number of benzene rings is 1. The van der Waals surface area contributed by atoms with Crippen LogP contribution in [0.15, 0.2) is 24.4 Å². The van der Waals surface area contributed by atoms with Gasteiger partial charge in [0.1, 0.15) is 0 Å². The number of hydrogen-bond donors (Lipinski definition) is 2. The molecule has 2 heterocycles. The van der Waals surface area contributed by atoms with E-state index in [1.54, 1.807) is 0 Å². The number of aromatic amines is 1. The highest BCUT2D eigenvalue weighted by atomic mass is 16.2. The van der Waals surface area contributed by atoms with Crippen LogP contribution in [0.2, 0.25) is 0 Å². The zero-order chi connectivity index (χ0) is 15.8. The van der Waals surface area contributed by atoms with Crippen LogP contribution in [0.25, 0.3) is 10.9 Å². The standard InChI is InChI=1S/C19H25N3O/c20-15-5-6-18-16(11-15)17(12-21-18)13-7-9-22(10-8-13)19(23)14-3-1-2-4-14/h5-6,11-14,21H,1-4,7-10,20H2. The minimum absolute atomic E-state index is 0.305. The van der Waals surface area contributed by atoms with Gasteiger partial charge < -0.3 is 15.6 Å². The summed E-state index contributed by atoms with van der Waals surface area (Å²) >= 11 is 0. The summed E-state index contributed by atoms with van der Waals surface area (Å²) in [5.41, 5.74) is 9.27. The number of nitrogen functional groups attached to an aromatic ring is 1. The van der Waals surface area contributed by atoms with Crippen molar-refractivity contribution in [2.24, 2.45) is 5.92 Å². The Morgan fingerprint density at radius 2 is 1.87 bits per heavy atom. The van der Waals surface area contributed by atoms with E-state index in [0.717, 1.165) is 50.0 Å². The fraction of sp³-hybridized carbons (Fsp3) is 0.526. The Morgan fingerprint density at radius 1 is 1.13 bits per heavy atom. The minimum atomic E-state index is 0.305. The van der Waals surface area contributed by atoms with Crippen LogP contribution >= 0.6 is 0 Å². The van der Waals surface area contributed by atoms with Crippen molar-refractivity contribution in [1.82, 2.24) is 9.88 Å². The molecule has 1 aliphatic heterocycles. The smallest absolute Gasteiger partial charge is 0.225 e. The number of nitrogens with one attached hydrogen (secondary N) is 1. The summed E-state index contributed by atoms with van der Waals surface area (Å²) in [6.07, 6.45) is 8.89. The zero-order valence-corrected chi connectivity index (χ0v) is 13.6. The molecule has 23 heavy (non-hydrogen) atoms. The van der Waals surface area contributed by atoms with E-state index in [4.69, 9.17) is 5.73 Å². The summed E-state index contributed by atoms with van der Waals surface area (Å²) < 4.78 is 0. The third-order valence-electron chi connectivity index (χ3n) is 5.69. The fourth-order valence-electron chi connectivity index (χ4n) is 4.34. The molecule has 0 bridgehead atoms. The van der Waals surface area contributed by atoms with Crippen LogP contribution in [-0.4, -0.2) is 28.9 Å². The monoisotopic (exact) mass is 311 g/mol. The molecule has 0 radical (unpaired) electrons. The van der Waals surface area contributed by atoms with Gasteiger partial charge in [0.2, 0.25) is 5.91 Å². The average molecular weight is 311 g/mol. The van der Waals surface area contributed by atoms with Crippen LogP contribution in [0.3, 0.4) is 0 Å². The summed E-state index contributed by atoms with van der Waals surface area (Å²) in [5, 5.41) is 1.24. The van der Waals surface area contributed by atoms with Gasteiger partial charge in [0, 0.05) is 41.8 Å². The number of piperidine rings is 1. The Morgan fingerprint density at radius 3 is 2.61 bits per heavy atom. The first-order valence-corrected chi connectivity index (χ1v) is 8.87. The highest BCUT2D eigenvalue weighted by Gasteiger charge is 2.30. The third kappa shape index (κ3) is 2.71. The lowest BCUT2D eigenvalue weighted by molar-refractivity contribution is -0.136. The van der Waals surface area contributed by atoms with Crippen molar-refractivity contribution in [3.05, 3.63) is 30.0 Å². The molecule has 4 rings (SSSR count). The minimum Gasteiger partial charge on any atom is -0.399 e. The summed E-state index contributed by atoms with van der Waals surface area (Å²) in [4.78, 5) is 18.0. The number of H-pyrrole nitrogens is 1. The number of fused-ring (bicyclic) bond motifs is 1. The lowest BCUT2D eigenvalue weighted by Gasteiger charge is -2.33. The molecular weight excluding hydrogens is 286 g/mol. The molecule has 0 atom stereocenters. The number of hydrogen-bond acceptors (Lipinski definition) is 2. The van der Waals surface area contributed by atoms with Crippen molar-refractivity contribution >= 4 is 22.5 Å². The largest absolute Gasteiger partial charge is 0.399 e. The number of likely N-dealkylation sites (tertiary alicyclic amines) is 1. The Labute approximate surface area is 137 Å². The summed E-state index contributed by atoms with van der Waals surface area (Å²) in [6.45, 7) is 1.80. The third-order valence-corrected chi connectivity index (χ3v) is 5.69. The number of nitrogens with two attached hydrogens (primary N) is 1. The van der Waals surface area contributed by atoms with Gasteiger partial charge in [-0.3, -0.25) is 4.79 Å². The second kappa shape index (κ2) is 5.91. The van der Waals surface area contributed by atoms with Crippen LogP contribution in [-0.2, 0) is 4.79 Å². The van der Waals surface area contributed by atoms with Crippen molar-refractivity contribution in [3.63, 3.8) is 0 Å². The van der Waals surface area contributed by atoms with Crippen LogP contribution in [0, 0.1) is 5.92 Å². The molecule has 2 aromatic rings. The Hall–Kier alpha value is -1.97. The highest BCUT2D eigenvalue weighted by Crippen LogP contribution is 2.35. The van der Waals surface area contributed by atoms with Gasteiger partial charge >= 0.3 is 0 Å². The summed E-state index contributed by atoms with van der Waals surface area (Å²) in [7, 11) is 0. The topological polar surface area (TPSA) is 62.1 Å². The number of carbonyl (C=O) groups is 1. The molecule has 2 aliphatic rings. The quantitative estimate of drug-likeness (QED) is 0.832. The number of rotatable bonds is 2. The first-order valence-electron chi connectivity index (χ1n) is 8.87. The maximum absolute atomic E-state index is 12.6. The second-order valence-corrected chi connectivity index (χ2v) is 7.13. The molecule has 1 aromatic carbocycles. The van der Waals surface area contributed by atoms with Crippen LogP contribution in [0.1, 0.15) is 50.0 Å². The highest BCUT2D eigenvalue weighted by molar-refractivity contribution is 5.86. The maximum atomic E-state index is 12.6. The Kier molecular flexibility index (Phi) is 3.76. The number of amides is 1. The van der Waals surface area contributed by atoms with E-state index in [9.17, 15) is 4.79 Å². The predicted octanol–water partition coefficient (Wildman–Crippen LogP) is 3.65. The van der Waals surface area contributed by atoms with Gasteiger partial charge in [-0.05, 0) is 55.4 Å². The van der Waals surface area contributed by atoms with E-state index >= 15 is 0 Å². The van der Waals surface area contributed by atoms with E-state index in [2.05, 4.69) is 22.1 Å². The molecule has 0 unspecified atom stereocenters. The van der Waals surface area contributed by atoms with Gasteiger partial charge in [-0.1, -0.05) is 12.8 Å². The number of carbonyl (C=O) groups excluding carboxylic acids is 1. The van der Waals surface area contributed by atoms with Crippen molar-refractivity contribution < 1.29 is 4.79 Å². The summed E-state index contributed by atoms with van der Waals surface area (Å²) in [6, 6.07) is 6.05. The SMILES string of the molecule is Nc1ccc2[nH]cc(C3CCN(C(=O)C4CCCC4)CC3)c2c1. The number of aromatic nitrogens is 1. The van der Waals surface area contributed by atoms with Gasteiger partial charge in [-0.15, -0.1) is 0 Å². The summed E-state index contributed by atoms with van der Waals surface area (Å²) in [5.74, 6) is 1.24. The molecular formula is C19H25N3O. The average Bonchev–Trinajstić information content (AvgIpc) is 3.24. The van der Waals surface area contributed by atoms with Crippen molar-refractivity contribution in [2.75, 3.05) is 18.8 Å². The second-order valence-electron chi connectivity index (χ2n) is 7.13. The maximum Gasteiger partial charge on any atom is 0.225 e. The van der Waals surface area contributed by atoms with E-state index in [0.29, 0.717) is 17.7 Å². The molecule has 4 nitrogen and oxygen atoms in total. The molecule has 2 fully saturated rings. The first-order chi connectivity index (χ1) is 11.2. The van der Waals surface area contributed by atoms with Gasteiger partial charge in [-0.25, -0.2) is 0 Å². The van der Waals surface area contributed by atoms with Crippen molar-refractivity contribution in [2.45, 2.75) is 44.4 Å². The molecule has 122 valence electrons. The van der Waals surface area contributed by atoms with Gasteiger partial charge in [0.15, 0.2) is 0 Å². The molecule has 1 aliphatic carbocycles. The molecule has 1 saturated heterocycles. The molecule has 1 amide bonds. The number of anilines is 1. The van der Waals surface area contributed by atoms with Gasteiger partial charge in [0.25, 0.3) is 0 Å². The van der Waals surface area contributed by atoms with Gasteiger partial charge in [-0.2, -0.15) is 0 Å². The fourth-order valence-corrected chi connectivity index (χ4v) is 4.34. The lowest BCUT2D eigenvalue weighted by Crippen LogP contribution is -2.40. The lowest BCUT2D eigenvalue weighted by atomic mass is 9.88. The van der Waals surface area contributed by atoms with Crippen LogP contribution in [0.4, 0.5) is 5.69 Å². The normalized spacial score (nSPS) is 20.4. The molecule has 4 heteroatoms. The Bertz CT molecular complexity index is 706. The number of nitrogens with zero attached hydrogens (tertiary/aromatic N) is 1. The van der Waals surface area contributed by atoms with E-state index in [1.807, 2.05) is 12.1 Å². The Balaban J connectivity index is 1.46. The molecule has 1 saturated carbocycles. The first kappa shape index (κ1) is 14.6. The van der Waals surface area contributed by atoms with Crippen LogP contribution in [0.5, 0.6) is 0 Å². The zero-order valence-electron chi connectivity index (χ0n) is 13.6. The van der Waals surface area contributed by atoms with E-state index < -0.39 is 0 Å². The molecule has 1 aromatic heterocycles. The van der Waals surface area contributed by atoms with Gasteiger partial charge in [0.05, 0.1) is 0 Å².